The number of carbonyl (C=O) groups excluding carboxylic acids is 1. The second-order valence-electron chi connectivity index (χ2n) is 6.24. The van der Waals surface area contributed by atoms with Crippen LogP contribution < -0.4 is 19.5 Å². The van der Waals surface area contributed by atoms with E-state index in [0.29, 0.717) is 28.4 Å². The minimum Gasteiger partial charge on any atom is -0.493 e. The Bertz CT molecular complexity index is 1020. The maximum absolute atomic E-state index is 12.8. The van der Waals surface area contributed by atoms with Crippen molar-refractivity contribution in [1.29, 1.82) is 0 Å². The van der Waals surface area contributed by atoms with Gasteiger partial charge in [-0.2, -0.15) is 0 Å². The molecule has 0 heterocycles. The Hall–Kier alpha value is -3.74. The first-order chi connectivity index (χ1) is 14.1. The van der Waals surface area contributed by atoms with Crippen LogP contribution in [0, 0.1) is 0 Å². The minimum absolute atomic E-state index is 0.311. The van der Waals surface area contributed by atoms with Crippen molar-refractivity contribution in [3.8, 4) is 17.2 Å². The number of oxime groups is 1. The van der Waals surface area contributed by atoms with E-state index in [9.17, 15) is 4.79 Å². The van der Waals surface area contributed by atoms with Gasteiger partial charge in [0.05, 0.1) is 33.6 Å². The van der Waals surface area contributed by atoms with Gasteiger partial charge in [0.2, 0.25) is 5.75 Å². The molecule has 1 atom stereocenters. The lowest BCUT2D eigenvalue weighted by Gasteiger charge is -2.19. The molecule has 29 heavy (non-hydrogen) atoms. The first kappa shape index (κ1) is 20.0. The van der Waals surface area contributed by atoms with Crippen LogP contribution in [-0.4, -0.2) is 38.7 Å². The molecule has 3 rings (SSSR count). The minimum atomic E-state index is -0.715. The summed E-state index contributed by atoms with van der Waals surface area (Å²) in [5.74, 6) is 0.977. The number of benzene rings is 3. The Morgan fingerprint density at radius 2 is 1.62 bits per heavy atom. The Labute approximate surface area is 168 Å². The summed E-state index contributed by atoms with van der Waals surface area (Å²) in [6, 6.07) is 15.9. The fourth-order valence-electron chi connectivity index (χ4n) is 3.11. The molecule has 0 bridgehead atoms. The zero-order valence-electron chi connectivity index (χ0n) is 16.4. The maximum atomic E-state index is 12.8. The second kappa shape index (κ2) is 8.97. The first-order valence-electron chi connectivity index (χ1n) is 8.88. The van der Waals surface area contributed by atoms with E-state index in [4.69, 9.17) is 19.4 Å². The van der Waals surface area contributed by atoms with Gasteiger partial charge in [0.15, 0.2) is 11.5 Å². The van der Waals surface area contributed by atoms with E-state index in [1.54, 1.807) is 18.2 Å². The summed E-state index contributed by atoms with van der Waals surface area (Å²) < 4.78 is 16.0. The quantitative estimate of drug-likeness (QED) is 0.361. The molecule has 0 saturated carbocycles. The molecule has 1 amide bonds. The summed E-state index contributed by atoms with van der Waals surface area (Å²) in [6.07, 6.45) is 1.22. The van der Waals surface area contributed by atoms with Crippen LogP contribution in [0.25, 0.3) is 10.8 Å². The van der Waals surface area contributed by atoms with Crippen LogP contribution in [-0.2, 0) is 0 Å². The summed E-state index contributed by atoms with van der Waals surface area (Å²) in [7, 11) is 4.52. The van der Waals surface area contributed by atoms with Gasteiger partial charge in [-0.3, -0.25) is 4.79 Å². The Kier molecular flexibility index (Phi) is 6.19. The monoisotopic (exact) mass is 394 g/mol. The van der Waals surface area contributed by atoms with Gasteiger partial charge in [0, 0.05) is 5.56 Å². The highest BCUT2D eigenvalue weighted by Gasteiger charge is 2.20. The van der Waals surface area contributed by atoms with Crippen molar-refractivity contribution >= 4 is 22.9 Å². The van der Waals surface area contributed by atoms with Gasteiger partial charge >= 0.3 is 0 Å². The molecule has 0 aliphatic heterocycles. The molecule has 1 unspecified atom stereocenters. The van der Waals surface area contributed by atoms with E-state index in [1.807, 2.05) is 36.4 Å². The van der Waals surface area contributed by atoms with Crippen LogP contribution in [0.15, 0.2) is 59.8 Å². The van der Waals surface area contributed by atoms with Crippen LogP contribution in [0.2, 0.25) is 0 Å². The summed E-state index contributed by atoms with van der Waals surface area (Å²) in [4.78, 5) is 12.8. The van der Waals surface area contributed by atoms with E-state index < -0.39 is 6.04 Å². The Balaban J connectivity index is 1.94. The van der Waals surface area contributed by atoms with Crippen molar-refractivity contribution in [2.75, 3.05) is 21.3 Å². The van der Waals surface area contributed by atoms with Crippen LogP contribution in [0.4, 0.5) is 0 Å². The highest BCUT2D eigenvalue weighted by Crippen LogP contribution is 2.39. The topological polar surface area (TPSA) is 89.4 Å². The van der Waals surface area contributed by atoms with Crippen LogP contribution in [0.1, 0.15) is 22.0 Å². The van der Waals surface area contributed by atoms with Crippen LogP contribution in [0.3, 0.4) is 0 Å². The maximum Gasteiger partial charge on any atom is 0.252 e. The third-order valence-electron chi connectivity index (χ3n) is 4.56. The van der Waals surface area contributed by atoms with Gasteiger partial charge in [-0.05, 0) is 40.6 Å². The van der Waals surface area contributed by atoms with E-state index in [2.05, 4.69) is 10.5 Å². The lowest BCUT2D eigenvalue weighted by Crippen LogP contribution is -2.29. The summed E-state index contributed by atoms with van der Waals surface area (Å²) in [5.41, 5.74) is 1.10. The molecule has 2 N–H and O–H groups in total. The first-order valence-corrected chi connectivity index (χ1v) is 8.88. The number of nitrogens with zero attached hydrogens (tertiary/aromatic N) is 1. The summed E-state index contributed by atoms with van der Waals surface area (Å²) in [5, 5.41) is 17.1. The van der Waals surface area contributed by atoms with Crippen LogP contribution >= 0.6 is 0 Å². The number of carbonyl (C=O) groups is 1. The molecule has 3 aromatic rings. The SMILES string of the molecule is COc1cc(C(/C=N/O)NC(=O)c2ccc3ccccc3c2)cc(OC)c1OC. The smallest absolute Gasteiger partial charge is 0.252 e. The van der Waals surface area contributed by atoms with Crippen molar-refractivity contribution in [2.45, 2.75) is 6.04 Å². The highest BCUT2D eigenvalue weighted by atomic mass is 16.5. The molecule has 0 aromatic heterocycles. The molecule has 7 heteroatoms. The third kappa shape index (κ3) is 4.24. The number of amides is 1. The van der Waals surface area contributed by atoms with Crippen LogP contribution in [0.5, 0.6) is 17.2 Å². The predicted octanol–water partition coefficient (Wildman–Crippen LogP) is 3.80. The van der Waals surface area contributed by atoms with Gasteiger partial charge in [-0.25, -0.2) is 0 Å². The van der Waals surface area contributed by atoms with Crippen molar-refractivity contribution in [3.63, 3.8) is 0 Å². The van der Waals surface area contributed by atoms with Crippen molar-refractivity contribution in [2.24, 2.45) is 5.16 Å². The standard InChI is InChI=1S/C22H22N2O5/c1-27-19-11-17(12-20(28-2)21(19)29-3)18(13-23-26)24-22(25)16-9-8-14-6-4-5-7-15(14)10-16/h4-13,18,26H,1-3H3,(H,24,25)/b23-13+. The zero-order valence-corrected chi connectivity index (χ0v) is 16.4. The van der Waals surface area contributed by atoms with E-state index >= 15 is 0 Å². The van der Waals surface area contributed by atoms with Crippen molar-refractivity contribution in [1.82, 2.24) is 5.32 Å². The number of hydrogen-bond acceptors (Lipinski definition) is 6. The molecule has 0 aliphatic carbocycles. The number of fused-ring (bicyclic) bond motifs is 1. The molecule has 0 aliphatic rings. The lowest BCUT2D eigenvalue weighted by atomic mass is 10.0. The Morgan fingerprint density at radius 1 is 0.966 bits per heavy atom. The van der Waals surface area contributed by atoms with E-state index in [-0.39, 0.29) is 5.91 Å². The van der Waals surface area contributed by atoms with Crippen molar-refractivity contribution in [3.05, 3.63) is 65.7 Å². The van der Waals surface area contributed by atoms with Gasteiger partial charge in [0.25, 0.3) is 5.91 Å². The number of rotatable bonds is 7. The predicted molar refractivity (Wildman–Crippen MR) is 111 cm³/mol. The molecule has 0 spiro atoms. The van der Waals surface area contributed by atoms with E-state index in [1.165, 1.54) is 27.5 Å². The number of ether oxygens (including phenoxy) is 3. The van der Waals surface area contributed by atoms with Gasteiger partial charge in [-0.1, -0.05) is 35.5 Å². The van der Waals surface area contributed by atoms with Crippen molar-refractivity contribution < 1.29 is 24.2 Å². The number of hydrogen-bond donors (Lipinski definition) is 2. The molecule has 150 valence electrons. The third-order valence-corrected chi connectivity index (χ3v) is 4.56. The molecule has 0 radical (unpaired) electrons. The van der Waals surface area contributed by atoms with Gasteiger partial charge in [0.1, 0.15) is 0 Å². The van der Waals surface area contributed by atoms with Gasteiger partial charge < -0.3 is 24.7 Å². The fourth-order valence-corrected chi connectivity index (χ4v) is 3.11. The fraction of sp³-hybridized carbons (Fsp3) is 0.182. The molecule has 3 aromatic carbocycles. The zero-order chi connectivity index (χ0) is 20.8. The second-order valence-corrected chi connectivity index (χ2v) is 6.24. The Morgan fingerprint density at radius 3 is 2.21 bits per heavy atom. The number of nitrogens with one attached hydrogen (secondary N) is 1. The number of methoxy groups -OCH3 is 3. The molecular formula is C22H22N2O5. The largest absolute Gasteiger partial charge is 0.493 e. The molecular weight excluding hydrogens is 372 g/mol. The summed E-state index contributed by atoms with van der Waals surface area (Å²) >= 11 is 0. The lowest BCUT2D eigenvalue weighted by molar-refractivity contribution is 0.0947. The average molecular weight is 394 g/mol. The summed E-state index contributed by atoms with van der Waals surface area (Å²) in [6.45, 7) is 0. The molecule has 0 saturated heterocycles. The average Bonchev–Trinajstić information content (AvgIpc) is 2.77. The normalized spacial score (nSPS) is 12.0. The molecule has 0 fully saturated rings. The molecule has 7 nitrogen and oxygen atoms in total. The highest BCUT2D eigenvalue weighted by molar-refractivity contribution is 5.99. The van der Waals surface area contributed by atoms with Gasteiger partial charge in [-0.15, -0.1) is 0 Å². The van der Waals surface area contributed by atoms with E-state index in [0.717, 1.165) is 10.8 Å².